The lowest BCUT2D eigenvalue weighted by Crippen LogP contribution is -2.46. The van der Waals surface area contributed by atoms with Crippen LogP contribution in [0.15, 0.2) is 85.2 Å². The average Bonchev–Trinajstić information content (AvgIpc) is 4.18. The molecule has 0 spiro atoms. The van der Waals surface area contributed by atoms with Gasteiger partial charge in [-0.25, -0.2) is 0 Å². The smallest absolute Gasteiger partial charge is 0.297 e. The fraction of sp³-hybridized carbons (Fsp3) is 0.478. The van der Waals surface area contributed by atoms with Crippen LogP contribution in [-0.2, 0) is 38.3 Å². The zero-order valence-corrected chi connectivity index (χ0v) is 35.0. The first-order valence-electron chi connectivity index (χ1n) is 21.6. The van der Waals surface area contributed by atoms with Crippen molar-refractivity contribution in [2.75, 3.05) is 53.4 Å². The van der Waals surface area contributed by atoms with Gasteiger partial charge in [-0.05, 0) is 86.0 Å². The number of alkyl halides is 6. The van der Waals surface area contributed by atoms with Crippen molar-refractivity contribution in [2.45, 2.75) is 76.1 Å². The molecule has 2 aromatic carbocycles. The Labute approximate surface area is 357 Å². The van der Waals surface area contributed by atoms with Gasteiger partial charge in [-0.15, -0.1) is 20.4 Å². The van der Waals surface area contributed by atoms with E-state index in [2.05, 4.69) is 78.4 Å². The van der Waals surface area contributed by atoms with Gasteiger partial charge in [0.15, 0.2) is 11.3 Å². The summed E-state index contributed by atoms with van der Waals surface area (Å²) >= 11 is 0. The number of likely N-dealkylation sites (N-methyl/N-ethyl adjacent to an activating group) is 2. The van der Waals surface area contributed by atoms with Gasteiger partial charge in [0, 0.05) is 89.7 Å². The lowest BCUT2D eigenvalue weighted by atomic mass is 10.0. The second kappa shape index (κ2) is 17.3. The van der Waals surface area contributed by atoms with Crippen LogP contribution in [0.25, 0.3) is 11.3 Å². The maximum Gasteiger partial charge on any atom is 0.420 e. The van der Waals surface area contributed by atoms with Crippen LogP contribution in [0.3, 0.4) is 0 Å². The molecule has 0 bridgehead atoms. The zero-order valence-electron chi connectivity index (χ0n) is 35.0. The molecule has 2 aliphatic carbocycles. The van der Waals surface area contributed by atoms with Crippen LogP contribution in [-0.4, -0.2) is 102 Å². The van der Waals surface area contributed by atoms with Crippen molar-refractivity contribution in [2.24, 2.45) is 11.8 Å². The van der Waals surface area contributed by atoms with Crippen molar-refractivity contribution in [3.8, 4) is 0 Å². The molecule has 0 radical (unpaired) electrons. The third kappa shape index (κ3) is 9.38. The Morgan fingerprint density at radius 1 is 0.516 bits per heavy atom. The van der Waals surface area contributed by atoms with Crippen LogP contribution >= 0.6 is 0 Å². The van der Waals surface area contributed by atoms with Gasteiger partial charge in [-0.2, -0.15) is 26.3 Å². The molecule has 6 aromatic rings. The van der Waals surface area contributed by atoms with E-state index < -0.39 is 23.5 Å². The van der Waals surface area contributed by atoms with Gasteiger partial charge >= 0.3 is 12.4 Å². The fourth-order valence-corrected chi connectivity index (χ4v) is 9.10. The molecule has 6 heterocycles. The van der Waals surface area contributed by atoms with Crippen LogP contribution in [0.2, 0.25) is 0 Å². The van der Waals surface area contributed by atoms with Crippen LogP contribution in [0.4, 0.5) is 26.3 Å². The Morgan fingerprint density at radius 2 is 0.903 bits per heavy atom. The predicted octanol–water partition coefficient (Wildman–Crippen LogP) is 8.38. The number of hydrogen-bond donors (Lipinski definition) is 0. The first kappa shape index (κ1) is 42.4. The van der Waals surface area contributed by atoms with Crippen molar-refractivity contribution >= 4 is 11.3 Å². The van der Waals surface area contributed by atoms with E-state index >= 15 is 0 Å². The quantitative estimate of drug-likeness (QED) is 0.127. The second-order valence-electron chi connectivity index (χ2n) is 17.6. The largest absolute Gasteiger partial charge is 0.420 e. The van der Waals surface area contributed by atoms with Gasteiger partial charge in [0.2, 0.25) is 0 Å². The maximum atomic E-state index is 14.1. The molecule has 0 amide bonds. The van der Waals surface area contributed by atoms with E-state index in [1.807, 2.05) is 36.4 Å². The molecule has 4 aromatic heterocycles. The third-order valence-electron chi connectivity index (χ3n) is 13.0. The van der Waals surface area contributed by atoms with Crippen LogP contribution < -0.4 is 0 Å². The van der Waals surface area contributed by atoms with Gasteiger partial charge in [0.25, 0.3) is 0 Å². The van der Waals surface area contributed by atoms with E-state index in [1.165, 1.54) is 19.9 Å². The summed E-state index contributed by atoms with van der Waals surface area (Å²) in [6, 6.07) is 23.8. The number of hydrogen-bond acceptors (Lipinski definition) is 8. The van der Waals surface area contributed by atoms with E-state index in [0.29, 0.717) is 49.4 Å². The number of halogens is 6. The summed E-state index contributed by atoms with van der Waals surface area (Å²) < 4.78 is 87.7. The molecule has 2 saturated heterocycles. The van der Waals surface area contributed by atoms with Crippen molar-refractivity contribution in [3.05, 3.63) is 130 Å². The van der Waals surface area contributed by atoms with Crippen LogP contribution in [0.1, 0.15) is 82.8 Å². The molecule has 0 N–H and O–H groups in total. The number of pyridine rings is 2. The molecule has 4 aliphatic rings. The number of rotatable bonds is 10. The normalized spacial score (nSPS) is 21.1. The van der Waals surface area contributed by atoms with Gasteiger partial charge in [-0.3, -0.25) is 28.4 Å². The van der Waals surface area contributed by atoms with Crippen molar-refractivity contribution in [3.63, 3.8) is 0 Å². The highest BCUT2D eigenvalue weighted by Gasteiger charge is 2.40. The predicted molar refractivity (Wildman–Crippen MR) is 223 cm³/mol. The molecule has 4 fully saturated rings. The highest BCUT2D eigenvalue weighted by Crippen LogP contribution is 2.39. The minimum Gasteiger partial charge on any atom is -0.297 e. The third-order valence-corrected chi connectivity index (χ3v) is 13.0. The Balaban J connectivity index is 0.000000158. The average molecular weight is 859 g/mol. The van der Waals surface area contributed by atoms with Crippen molar-refractivity contribution in [1.29, 1.82) is 0 Å². The van der Waals surface area contributed by atoms with E-state index in [1.54, 1.807) is 24.5 Å². The monoisotopic (exact) mass is 858 g/mol. The van der Waals surface area contributed by atoms with Gasteiger partial charge in [-0.1, -0.05) is 60.7 Å². The summed E-state index contributed by atoms with van der Waals surface area (Å²) in [5, 5.41) is 16.1. The number of benzene rings is 2. The first-order valence-corrected chi connectivity index (χ1v) is 21.6. The Bertz CT molecular complexity index is 2290. The number of piperazine rings is 2. The van der Waals surface area contributed by atoms with Gasteiger partial charge in [0.05, 0.1) is 0 Å². The molecule has 328 valence electrons. The Morgan fingerprint density at radius 3 is 1.26 bits per heavy atom. The Kier molecular flexibility index (Phi) is 11.9. The molecule has 10 rings (SSSR count). The minimum absolute atomic E-state index is 0.0746. The molecule has 2 atom stereocenters. The highest BCUT2D eigenvalue weighted by molar-refractivity contribution is 5.55. The van der Waals surface area contributed by atoms with Gasteiger partial charge in [0.1, 0.15) is 22.8 Å². The van der Waals surface area contributed by atoms with Gasteiger partial charge < -0.3 is 0 Å². The topological polar surface area (TPSA) is 73.3 Å². The maximum absolute atomic E-state index is 14.1. The molecule has 2 saturated carbocycles. The summed E-state index contributed by atoms with van der Waals surface area (Å²) in [5.74, 6) is 2.31. The molecule has 10 nitrogen and oxygen atoms in total. The summed E-state index contributed by atoms with van der Waals surface area (Å²) in [4.78, 5) is 8.76. The molecule has 2 aliphatic heterocycles. The Hall–Kier alpha value is -4.90. The van der Waals surface area contributed by atoms with Crippen LogP contribution in [0, 0.1) is 11.8 Å². The number of nitrogens with zero attached hydrogens (tertiary/aromatic N) is 10. The van der Waals surface area contributed by atoms with E-state index in [-0.39, 0.29) is 47.6 Å². The van der Waals surface area contributed by atoms with E-state index in [0.717, 1.165) is 51.9 Å². The SMILES string of the molecule is CN1CCN(Cc2ccn3c(CC4CC4)nnc3c2C(F)(F)F)CC1c1ccccc1.CN1CCN(Cc2ccn3c(CC4CC4)nnc3c2C(F)(F)F)CC1c1ccccc1. The lowest BCUT2D eigenvalue weighted by Gasteiger charge is -2.40. The van der Waals surface area contributed by atoms with Crippen molar-refractivity contribution < 1.29 is 26.3 Å². The van der Waals surface area contributed by atoms with Crippen LogP contribution in [0.5, 0.6) is 0 Å². The van der Waals surface area contributed by atoms with E-state index in [9.17, 15) is 26.3 Å². The van der Waals surface area contributed by atoms with Crippen molar-refractivity contribution in [1.82, 2.24) is 48.8 Å². The van der Waals surface area contributed by atoms with E-state index in [4.69, 9.17) is 0 Å². The fourth-order valence-electron chi connectivity index (χ4n) is 9.10. The second-order valence-corrected chi connectivity index (χ2v) is 17.6. The molecule has 16 heteroatoms. The summed E-state index contributed by atoms with van der Waals surface area (Å²) in [5.41, 5.74) is 1.44. The molecular weight excluding hydrogens is 807 g/mol. The lowest BCUT2D eigenvalue weighted by molar-refractivity contribution is -0.138. The summed E-state index contributed by atoms with van der Waals surface area (Å²) in [6.07, 6.45) is 0.307. The first-order chi connectivity index (χ1) is 29.8. The number of aromatic nitrogens is 6. The zero-order chi connectivity index (χ0) is 43.2. The molecular formula is C46H52F6N10. The standard InChI is InChI=1S/2C23H26F3N5/c2*1-29-11-12-30(15-19(29)17-5-3-2-4-6-17)14-18-9-10-31-20(13-16-7-8-16)27-28-22(31)21(18)23(24,25)26/h2*2-6,9-10,16,19H,7-8,11-15H2,1H3. The summed E-state index contributed by atoms with van der Waals surface area (Å²) in [6.45, 7) is 4.91. The number of fused-ring (bicyclic) bond motifs is 2. The molecule has 2 unspecified atom stereocenters. The molecule has 62 heavy (non-hydrogen) atoms. The summed E-state index contributed by atoms with van der Waals surface area (Å²) in [7, 11) is 4.14. The minimum atomic E-state index is -4.48. The highest BCUT2D eigenvalue weighted by atomic mass is 19.4.